The second-order valence-corrected chi connectivity index (χ2v) is 3.64. The van der Waals surface area contributed by atoms with Crippen LogP contribution in [0.1, 0.15) is 26.7 Å². The van der Waals surface area contributed by atoms with Gasteiger partial charge in [-0.25, -0.2) is 0 Å². The van der Waals surface area contributed by atoms with Crippen LogP contribution in [0.15, 0.2) is 0 Å². The predicted octanol–water partition coefficient (Wildman–Crippen LogP) is 0.0469. The number of nitrogens with two attached hydrogens (primary N) is 1. The Balaban J connectivity index is 4.19. The molecular formula is C9H18N2O3. The maximum absolute atomic E-state index is 11.6. The summed E-state index contributed by atoms with van der Waals surface area (Å²) in [5.74, 6) is -1.14. The number of rotatable bonds is 5. The molecule has 0 aliphatic rings. The van der Waals surface area contributed by atoms with Crippen molar-refractivity contribution in [3.8, 4) is 0 Å². The molecule has 0 spiro atoms. The van der Waals surface area contributed by atoms with Crippen LogP contribution in [0.25, 0.3) is 0 Å². The molecule has 14 heavy (non-hydrogen) atoms. The van der Waals surface area contributed by atoms with Crippen LogP contribution >= 0.6 is 0 Å². The molecule has 82 valence electrons. The van der Waals surface area contributed by atoms with Crippen LogP contribution in [0, 0.1) is 0 Å². The van der Waals surface area contributed by atoms with Gasteiger partial charge in [-0.15, -0.1) is 0 Å². The maximum Gasteiger partial charge on any atom is 0.305 e. The summed E-state index contributed by atoms with van der Waals surface area (Å²) in [7, 11) is 1.56. The van der Waals surface area contributed by atoms with E-state index in [1.807, 2.05) is 6.92 Å². The molecule has 0 aromatic rings. The van der Waals surface area contributed by atoms with E-state index in [0.29, 0.717) is 6.42 Å². The highest BCUT2D eigenvalue weighted by Crippen LogP contribution is 2.08. The summed E-state index contributed by atoms with van der Waals surface area (Å²) in [5, 5.41) is 8.43. The van der Waals surface area contributed by atoms with Crippen molar-refractivity contribution in [3.05, 3.63) is 0 Å². The molecule has 0 bridgehead atoms. The molecule has 1 atom stereocenters. The highest BCUT2D eigenvalue weighted by molar-refractivity contribution is 5.85. The second-order valence-electron chi connectivity index (χ2n) is 3.64. The zero-order valence-corrected chi connectivity index (χ0v) is 8.91. The van der Waals surface area contributed by atoms with Gasteiger partial charge in [-0.05, 0) is 13.3 Å². The lowest BCUT2D eigenvalue weighted by Crippen LogP contribution is -2.52. The fourth-order valence-corrected chi connectivity index (χ4v) is 0.952. The average Bonchev–Trinajstić information content (AvgIpc) is 2.12. The molecule has 0 aromatic heterocycles. The van der Waals surface area contributed by atoms with Gasteiger partial charge < -0.3 is 15.7 Å². The summed E-state index contributed by atoms with van der Waals surface area (Å²) in [6.07, 6.45) is 0.477. The average molecular weight is 202 g/mol. The van der Waals surface area contributed by atoms with Gasteiger partial charge in [0.05, 0.1) is 12.0 Å². The van der Waals surface area contributed by atoms with Gasteiger partial charge in [0, 0.05) is 13.6 Å². The van der Waals surface area contributed by atoms with Crippen LogP contribution in [0.5, 0.6) is 0 Å². The van der Waals surface area contributed by atoms with Crippen molar-refractivity contribution in [2.24, 2.45) is 5.73 Å². The molecule has 1 amide bonds. The highest BCUT2D eigenvalue weighted by Gasteiger charge is 2.28. The molecule has 0 aromatic carbocycles. The van der Waals surface area contributed by atoms with Crippen LogP contribution in [0.3, 0.4) is 0 Å². The van der Waals surface area contributed by atoms with Crippen LogP contribution in [-0.4, -0.2) is 41.0 Å². The first kappa shape index (κ1) is 12.9. The number of amides is 1. The summed E-state index contributed by atoms with van der Waals surface area (Å²) >= 11 is 0. The van der Waals surface area contributed by atoms with Crippen molar-refractivity contribution >= 4 is 11.9 Å². The SMILES string of the molecule is CCC(C)(N)C(=O)N(C)CCC(=O)O. The first-order chi connectivity index (χ1) is 6.31. The number of hydrogen-bond donors (Lipinski definition) is 2. The Hall–Kier alpha value is -1.10. The Bertz CT molecular complexity index is 226. The fraction of sp³-hybridized carbons (Fsp3) is 0.778. The summed E-state index contributed by atoms with van der Waals surface area (Å²) in [6.45, 7) is 3.66. The van der Waals surface area contributed by atoms with Crippen LogP contribution < -0.4 is 5.73 Å². The normalized spacial score (nSPS) is 14.6. The molecule has 0 heterocycles. The second kappa shape index (κ2) is 4.95. The molecule has 1 unspecified atom stereocenters. The van der Waals surface area contributed by atoms with Crippen molar-refractivity contribution < 1.29 is 14.7 Å². The number of carbonyl (C=O) groups is 2. The van der Waals surface area contributed by atoms with E-state index in [-0.39, 0.29) is 18.9 Å². The van der Waals surface area contributed by atoms with Gasteiger partial charge >= 0.3 is 5.97 Å². The van der Waals surface area contributed by atoms with E-state index in [2.05, 4.69) is 0 Å². The minimum absolute atomic E-state index is 0.0535. The van der Waals surface area contributed by atoms with Crippen LogP contribution in [-0.2, 0) is 9.59 Å². The molecule has 0 radical (unpaired) electrons. The molecule has 0 fully saturated rings. The molecule has 5 nitrogen and oxygen atoms in total. The van der Waals surface area contributed by atoms with E-state index in [0.717, 1.165) is 0 Å². The summed E-state index contributed by atoms with van der Waals surface area (Å²) < 4.78 is 0. The number of carboxylic acids is 1. The lowest BCUT2D eigenvalue weighted by molar-refractivity contribution is -0.139. The maximum atomic E-state index is 11.6. The van der Waals surface area contributed by atoms with Gasteiger partial charge in [-0.2, -0.15) is 0 Å². The first-order valence-corrected chi connectivity index (χ1v) is 4.57. The van der Waals surface area contributed by atoms with Gasteiger partial charge in [-0.3, -0.25) is 9.59 Å². The minimum atomic E-state index is -0.917. The van der Waals surface area contributed by atoms with Gasteiger partial charge in [0.25, 0.3) is 0 Å². The number of carboxylic acid groups (broad SMARTS) is 1. The molecule has 0 aliphatic carbocycles. The first-order valence-electron chi connectivity index (χ1n) is 4.57. The summed E-state index contributed by atoms with van der Waals surface area (Å²) in [5.41, 5.74) is 4.83. The largest absolute Gasteiger partial charge is 0.481 e. The number of carbonyl (C=O) groups excluding carboxylic acids is 1. The molecule has 5 heteroatoms. The Labute approximate surface area is 83.9 Å². The van der Waals surface area contributed by atoms with Crippen molar-refractivity contribution in [2.75, 3.05) is 13.6 Å². The van der Waals surface area contributed by atoms with Gasteiger partial charge in [-0.1, -0.05) is 6.92 Å². The van der Waals surface area contributed by atoms with Crippen molar-refractivity contribution in [1.29, 1.82) is 0 Å². The zero-order chi connectivity index (χ0) is 11.4. The van der Waals surface area contributed by atoms with Gasteiger partial charge in [0.1, 0.15) is 0 Å². The number of aliphatic carboxylic acids is 1. The summed E-state index contributed by atoms with van der Waals surface area (Å²) in [4.78, 5) is 23.3. The van der Waals surface area contributed by atoms with E-state index in [9.17, 15) is 9.59 Å². The molecule has 0 saturated heterocycles. The van der Waals surface area contributed by atoms with Crippen LogP contribution in [0.4, 0.5) is 0 Å². The Morgan fingerprint density at radius 2 is 2.00 bits per heavy atom. The van der Waals surface area contributed by atoms with Gasteiger partial charge in [0.2, 0.25) is 5.91 Å². The lowest BCUT2D eigenvalue weighted by atomic mass is 9.99. The monoisotopic (exact) mass is 202 g/mol. The zero-order valence-electron chi connectivity index (χ0n) is 8.91. The van der Waals surface area contributed by atoms with E-state index >= 15 is 0 Å². The van der Waals surface area contributed by atoms with E-state index in [1.54, 1.807) is 14.0 Å². The molecule has 0 saturated carbocycles. The number of hydrogen-bond acceptors (Lipinski definition) is 3. The Morgan fingerprint density at radius 1 is 1.50 bits per heavy atom. The van der Waals surface area contributed by atoms with E-state index in [1.165, 1.54) is 4.90 Å². The van der Waals surface area contributed by atoms with Crippen molar-refractivity contribution in [2.45, 2.75) is 32.2 Å². The Morgan fingerprint density at radius 3 is 2.36 bits per heavy atom. The topological polar surface area (TPSA) is 83.6 Å². The summed E-state index contributed by atoms with van der Waals surface area (Å²) in [6, 6.07) is 0. The smallest absolute Gasteiger partial charge is 0.305 e. The van der Waals surface area contributed by atoms with Gasteiger partial charge in [0.15, 0.2) is 0 Å². The number of likely N-dealkylation sites (N-methyl/N-ethyl adjacent to an activating group) is 1. The highest BCUT2D eigenvalue weighted by atomic mass is 16.4. The van der Waals surface area contributed by atoms with Crippen molar-refractivity contribution in [1.82, 2.24) is 4.90 Å². The lowest BCUT2D eigenvalue weighted by Gasteiger charge is -2.27. The quantitative estimate of drug-likeness (QED) is 0.659. The molecule has 0 rings (SSSR count). The Kier molecular flexibility index (Phi) is 4.56. The third-order valence-electron chi connectivity index (χ3n) is 2.23. The van der Waals surface area contributed by atoms with E-state index in [4.69, 9.17) is 10.8 Å². The van der Waals surface area contributed by atoms with E-state index < -0.39 is 11.5 Å². The third kappa shape index (κ3) is 3.74. The van der Waals surface area contributed by atoms with Crippen molar-refractivity contribution in [3.63, 3.8) is 0 Å². The standard InChI is InChI=1S/C9H18N2O3/c1-4-9(2,10)8(14)11(3)6-5-7(12)13/h4-6,10H2,1-3H3,(H,12,13). The fourth-order valence-electron chi connectivity index (χ4n) is 0.952. The molecular weight excluding hydrogens is 184 g/mol. The number of nitrogens with zero attached hydrogens (tertiary/aromatic N) is 1. The molecule has 3 N–H and O–H groups in total. The molecule has 0 aliphatic heterocycles. The minimum Gasteiger partial charge on any atom is -0.481 e. The van der Waals surface area contributed by atoms with Crippen LogP contribution in [0.2, 0.25) is 0 Å². The third-order valence-corrected chi connectivity index (χ3v) is 2.23. The predicted molar refractivity (Wildman–Crippen MR) is 52.8 cm³/mol.